The molecular weight excluding hydrogens is 332 g/mol. The van der Waals surface area contributed by atoms with Gasteiger partial charge in [0.1, 0.15) is 5.82 Å². The van der Waals surface area contributed by atoms with Crippen LogP contribution in [-0.4, -0.2) is 45.7 Å². The van der Waals surface area contributed by atoms with Gasteiger partial charge in [0.2, 0.25) is 5.91 Å². The van der Waals surface area contributed by atoms with Gasteiger partial charge in [0.25, 0.3) is 0 Å². The van der Waals surface area contributed by atoms with Crippen molar-refractivity contribution >= 4 is 17.6 Å². The summed E-state index contributed by atoms with van der Waals surface area (Å²) >= 11 is 0. The van der Waals surface area contributed by atoms with E-state index in [0.29, 0.717) is 19.5 Å². The van der Waals surface area contributed by atoms with E-state index in [1.54, 1.807) is 0 Å². The molecule has 26 heavy (non-hydrogen) atoms. The van der Waals surface area contributed by atoms with Crippen molar-refractivity contribution in [2.45, 2.75) is 51.0 Å². The summed E-state index contributed by atoms with van der Waals surface area (Å²) in [6.07, 6.45) is 8.47. The average Bonchev–Trinajstić information content (AvgIpc) is 3.06. The largest absolute Gasteiger partial charge is 0.356 e. The van der Waals surface area contributed by atoms with Gasteiger partial charge in [-0.15, -0.1) is 10.2 Å². The van der Waals surface area contributed by atoms with Crippen molar-refractivity contribution in [1.82, 2.24) is 30.5 Å². The third kappa shape index (κ3) is 5.18. The van der Waals surface area contributed by atoms with Gasteiger partial charge in [-0.25, -0.2) is 4.79 Å². The summed E-state index contributed by atoms with van der Waals surface area (Å²) in [5, 5.41) is 16.8. The van der Waals surface area contributed by atoms with Gasteiger partial charge in [-0.1, -0.05) is 25.3 Å². The second-order valence-corrected chi connectivity index (χ2v) is 6.63. The normalized spacial score (nSPS) is 14.9. The van der Waals surface area contributed by atoms with Gasteiger partial charge in [0, 0.05) is 38.2 Å². The van der Waals surface area contributed by atoms with Crippen molar-refractivity contribution in [2.24, 2.45) is 0 Å². The van der Waals surface area contributed by atoms with E-state index < -0.39 is 0 Å². The lowest BCUT2D eigenvalue weighted by Crippen LogP contribution is -2.43. The summed E-state index contributed by atoms with van der Waals surface area (Å²) in [6, 6.07) is 5.81. The molecule has 2 aromatic rings. The molecule has 140 valence electrons. The molecule has 3 amide bonds. The van der Waals surface area contributed by atoms with E-state index in [1.165, 1.54) is 19.3 Å². The number of urea groups is 1. The third-order valence-corrected chi connectivity index (χ3v) is 4.63. The fourth-order valence-corrected chi connectivity index (χ4v) is 3.24. The number of carbonyl (C=O) groups is 2. The SMILES string of the molecule is O=C(CCNC(=O)NC1CCCCC1)NCCc1nnc2ccccn12. The third-order valence-electron chi connectivity index (χ3n) is 4.63. The van der Waals surface area contributed by atoms with Crippen molar-refractivity contribution in [1.29, 1.82) is 0 Å². The van der Waals surface area contributed by atoms with Crippen LogP contribution in [0.15, 0.2) is 24.4 Å². The van der Waals surface area contributed by atoms with Crippen LogP contribution in [-0.2, 0) is 11.2 Å². The molecule has 0 saturated heterocycles. The maximum Gasteiger partial charge on any atom is 0.315 e. The average molecular weight is 358 g/mol. The lowest BCUT2D eigenvalue weighted by Gasteiger charge is -2.22. The fourth-order valence-electron chi connectivity index (χ4n) is 3.24. The van der Waals surface area contributed by atoms with Gasteiger partial charge in [0.05, 0.1) is 0 Å². The molecule has 0 aromatic carbocycles. The zero-order valence-electron chi connectivity index (χ0n) is 14.9. The van der Waals surface area contributed by atoms with Gasteiger partial charge >= 0.3 is 6.03 Å². The van der Waals surface area contributed by atoms with E-state index in [2.05, 4.69) is 26.1 Å². The number of fused-ring (bicyclic) bond motifs is 1. The minimum atomic E-state index is -0.181. The van der Waals surface area contributed by atoms with Crippen LogP contribution < -0.4 is 16.0 Å². The molecule has 0 unspecified atom stereocenters. The predicted octanol–water partition coefficient (Wildman–Crippen LogP) is 1.41. The van der Waals surface area contributed by atoms with E-state index in [-0.39, 0.29) is 24.4 Å². The molecular formula is C18H26N6O2. The standard InChI is InChI=1S/C18H26N6O2/c25-17(10-12-20-18(26)21-14-6-2-1-3-7-14)19-11-9-16-23-22-15-8-4-5-13-24(15)16/h4-5,8,13-14H,1-3,6-7,9-12H2,(H,19,25)(H2,20,21,26). The topological polar surface area (TPSA) is 100 Å². The maximum atomic E-state index is 11.9. The van der Waals surface area contributed by atoms with Crippen LogP contribution in [0.1, 0.15) is 44.3 Å². The van der Waals surface area contributed by atoms with Crippen LogP contribution in [0.2, 0.25) is 0 Å². The highest BCUT2D eigenvalue weighted by Crippen LogP contribution is 2.17. The van der Waals surface area contributed by atoms with Crippen molar-refractivity contribution in [3.8, 4) is 0 Å². The molecule has 3 rings (SSSR count). The van der Waals surface area contributed by atoms with Crippen molar-refractivity contribution in [3.63, 3.8) is 0 Å². The van der Waals surface area contributed by atoms with E-state index in [1.807, 2.05) is 28.8 Å². The number of nitrogens with zero attached hydrogens (tertiary/aromatic N) is 3. The minimum absolute atomic E-state index is 0.0863. The van der Waals surface area contributed by atoms with Crippen molar-refractivity contribution < 1.29 is 9.59 Å². The first-order valence-electron chi connectivity index (χ1n) is 9.32. The number of carbonyl (C=O) groups excluding carboxylic acids is 2. The Morgan fingerprint density at radius 3 is 2.77 bits per heavy atom. The van der Waals surface area contributed by atoms with Gasteiger partial charge < -0.3 is 16.0 Å². The Labute approximate surface area is 152 Å². The second-order valence-electron chi connectivity index (χ2n) is 6.63. The van der Waals surface area contributed by atoms with Gasteiger partial charge in [-0.2, -0.15) is 0 Å². The number of hydrogen-bond donors (Lipinski definition) is 3. The zero-order valence-corrected chi connectivity index (χ0v) is 14.9. The molecule has 0 atom stereocenters. The van der Waals surface area contributed by atoms with Crippen LogP contribution in [0.3, 0.4) is 0 Å². The molecule has 0 radical (unpaired) electrons. The van der Waals surface area contributed by atoms with Gasteiger partial charge in [-0.05, 0) is 25.0 Å². The van der Waals surface area contributed by atoms with E-state index in [0.717, 1.165) is 24.3 Å². The second kappa shape index (κ2) is 9.17. The first-order valence-corrected chi connectivity index (χ1v) is 9.32. The minimum Gasteiger partial charge on any atom is -0.356 e. The molecule has 1 fully saturated rings. The van der Waals surface area contributed by atoms with E-state index in [4.69, 9.17) is 0 Å². The van der Waals surface area contributed by atoms with E-state index in [9.17, 15) is 9.59 Å². The Balaban J connectivity index is 1.30. The highest BCUT2D eigenvalue weighted by atomic mass is 16.2. The molecule has 0 aliphatic heterocycles. The Morgan fingerprint density at radius 2 is 1.92 bits per heavy atom. The molecule has 8 heteroatoms. The smallest absolute Gasteiger partial charge is 0.315 e. The highest BCUT2D eigenvalue weighted by molar-refractivity contribution is 5.78. The van der Waals surface area contributed by atoms with Crippen LogP contribution >= 0.6 is 0 Å². The number of aromatic nitrogens is 3. The fraction of sp³-hybridized carbons (Fsp3) is 0.556. The zero-order chi connectivity index (χ0) is 18.2. The molecule has 0 bridgehead atoms. The first-order chi connectivity index (χ1) is 12.7. The summed E-state index contributed by atoms with van der Waals surface area (Å²) in [5.74, 6) is 0.725. The number of hydrogen-bond acceptors (Lipinski definition) is 4. The maximum absolute atomic E-state index is 11.9. The number of amides is 3. The Morgan fingerprint density at radius 1 is 1.08 bits per heavy atom. The molecule has 2 aromatic heterocycles. The predicted molar refractivity (Wildman–Crippen MR) is 97.7 cm³/mol. The highest BCUT2D eigenvalue weighted by Gasteiger charge is 2.15. The Bertz CT molecular complexity index is 738. The Hall–Kier alpha value is -2.64. The number of pyridine rings is 1. The van der Waals surface area contributed by atoms with Gasteiger partial charge in [-0.3, -0.25) is 9.20 Å². The molecule has 1 aliphatic rings. The number of nitrogens with one attached hydrogen (secondary N) is 3. The summed E-state index contributed by atoms with van der Waals surface area (Å²) in [6.45, 7) is 0.820. The van der Waals surface area contributed by atoms with Crippen LogP contribution in [0.5, 0.6) is 0 Å². The lowest BCUT2D eigenvalue weighted by molar-refractivity contribution is -0.120. The quantitative estimate of drug-likeness (QED) is 0.697. The van der Waals surface area contributed by atoms with Gasteiger partial charge in [0.15, 0.2) is 5.65 Å². The Kier molecular flexibility index (Phi) is 6.40. The molecule has 0 spiro atoms. The summed E-state index contributed by atoms with van der Waals surface area (Å²) < 4.78 is 1.91. The summed E-state index contributed by atoms with van der Waals surface area (Å²) in [4.78, 5) is 23.7. The van der Waals surface area contributed by atoms with E-state index >= 15 is 0 Å². The molecule has 1 saturated carbocycles. The van der Waals surface area contributed by atoms with Crippen molar-refractivity contribution in [3.05, 3.63) is 30.2 Å². The van der Waals surface area contributed by atoms with Crippen LogP contribution in [0, 0.1) is 0 Å². The van der Waals surface area contributed by atoms with Crippen molar-refractivity contribution in [2.75, 3.05) is 13.1 Å². The van der Waals surface area contributed by atoms with Crippen LogP contribution in [0.4, 0.5) is 4.79 Å². The molecule has 8 nitrogen and oxygen atoms in total. The molecule has 3 N–H and O–H groups in total. The summed E-state index contributed by atoms with van der Waals surface area (Å²) in [7, 11) is 0. The molecule has 2 heterocycles. The lowest BCUT2D eigenvalue weighted by atomic mass is 9.96. The number of rotatable bonds is 7. The first kappa shape index (κ1) is 18.2. The summed E-state index contributed by atoms with van der Waals surface area (Å²) in [5.41, 5.74) is 0.794. The molecule has 1 aliphatic carbocycles. The monoisotopic (exact) mass is 358 g/mol. The van der Waals surface area contributed by atoms with Crippen LogP contribution in [0.25, 0.3) is 5.65 Å².